The van der Waals surface area contributed by atoms with Gasteiger partial charge in [0.1, 0.15) is 11.5 Å². The fourth-order valence-corrected chi connectivity index (χ4v) is 5.60. The molecule has 1 spiro atoms. The van der Waals surface area contributed by atoms with Crippen molar-refractivity contribution in [1.82, 2.24) is 15.5 Å². The Balaban J connectivity index is 1.43. The third-order valence-corrected chi connectivity index (χ3v) is 7.62. The number of hydrogen-bond acceptors (Lipinski definition) is 6. The zero-order chi connectivity index (χ0) is 26.7. The maximum Gasteiger partial charge on any atom is 0.255 e. The van der Waals surface area contributed by atoms with Crippen LogP contribution < -0.4 is 20.1 Å². The maximum atomic E-state index is 13.8. The number of piperidine rings is 1. The van der Waals surface area contributed by atoms with E-state index in [-0.39, 0.29) is 18.4 Å². The van der Waals surface area contributed by atoms with Crippen LogP contribution in [-0.4, -0.2) is 50.3 Å². The van der Waals surface area contributed by atoms with Crippen LogP contribution in [0.15, 0.2) is 60.7 Å². The van der Waals surface area contributed by atoms with Gasteiger partial charge < -0.3 is 25.0 Å². The lowest BCUT2D eigenvalue weighted by atomic mass is 9.80. The molecule has 0 aromatic heterocycles. The monoisotopic (exact) mass is 513 g/mol. The van der Waals surface area contributed by atoms with Crippen LogP contribution in [0.1, 0.15) is 60.6 Å². The van der Waals surface area contributed by atoms with Crippen molar-refractivity contribution in [1.29, 1.82) is 0 Å². The number of methoxy groups -OCH3 is 2. The van der Waals surface area contributed by atoms with Crippen LogP contribution in [0.2, 0.25) is 0 Å². The molecule has 2 N–H and O–H groups in total. The van der Waals surface area contributed by atoms with Gasteiger partial charge in [0.25, 0.3) is 11.8 Å². The molecule has 8 nitrogen and oxygen atoms in total. The van der Waals surface area contributed by atoms with Crippen molar-refractivity contribution in [2.45, 2.75) is 31.5 Å². The van der Waals surface area contributed by atoms with Gasteiger partial charge >= 0.3 is 0 Å². The minimum atomic E-state index is -0.452. The summed E-state index contributed by atoms with van der Waals surface area (Å²) in [5, 5.41) is 6.35. The summed E-state index contributed by atoms with van der Waals surface area (Å²) in [7, 11) is 3.23. The number of benzene rings is 3. The number of ether oxygens (including phenoxy) is 2. The Bertz CT molecular complexity index is 1380. The molecular weight excluding hydrogens is 482 g/mol. The lowest BCUT2D eigenvalue weighted by Crippen LogP contribution is -2.50. The van der Waals surface area contributed by atoms with Gasteiger partial charge in [-0.25, -0.2) is 0 Å². The molecular formula is C30H31N3O5. The first-order chi connectivity index (χ1) is 18.5. The normalized spacial score (nSPS) is 15.7. The Labute approximate surface area is 221 Å². The molecule has 38 heavy (non-hydrogen) atoms. The minimum Gasteiger partial charge on any atom is -0.497 e. The molecule has 2 heterocycles. The molecule has 1 saturated heterocycles. The van der Waals surface area contributed by atoms with Gasteiger partial charge in [0, 0.05) is 34.9 Å². The summed E-state index contributed by atoms with van der Waals surface area (Å²) in [6.07, 6.45) is 2.25. The van der Waals surface area contributed by atoms with Crippen LogP contribution in [0.25, 0.3) is 0 Å². The van der Waals surface area contributed by atoms with E-state index in [2.05, 4.69) is 16.7 Å². The predicted octanol–water partition coefficient (Wildman–Crippen LogP) is 3.68. The van der Waals surface area contributed by atoms with E-state index in [0.717, 1.165) is 42.6 Å². The lowest BCUT2D eigenvalue weighted by Gasteiger charge is -2.42. The van der Waals surface area contributed by atoms with Crippen LogP contribution in [0.3, 0.4) is 0 Å². The van der Waals surface area contributed by atoms with Crippen molar-refractivity contribution in [2.75, 3.05) is 27.3 Å². The smallest absolute Gasteiger partial charge is 0.255 e. The Morgan fingerprint density at radius 1 is 1.05 bits per heavy atom. The van der Waals surface area contributed by atoms with Gasteiger partial charge in [0.2, 0.25) is 0 Å². The number of rotatable bonds is 8. The number of hydrogen-bond donors (Lipinski definition) is 2. The third-order valence-electron chi connectivity index (χ3n) is 7.62. The Morgan fingerprint density at radius 3 is 2.58 bits per heavy atom. The van der Waals surface area contributed by atoms with Gasteiger partial charge in [-0.3, -0.25) is 14.4 Å². The zero-order valence-electron chi connectivity index (χ0n) is 21.6. The first-order valence-corrected chi connectivity index (χ1v) is 12.7. The predicted molar refractivity (Wildman–Crippen MR) is 143 cm³/mol. The van der Waals surface area contributed by atoms with Crippen molar-refractivity contribution in [3.05, 3.63) is 94.0 Å². The van der Waals surface area contributed by atoms with Crippen LogP contribution in [-0.2, 0) is 18.6 Å². The van der Waals surface area contributed by atoms with Gasteiger partial charge in [-0.05, 0) is 61.3 Å². The number of nitrogens with zero attached hydrogens (tertiary/aromatic N) is 1. The molecule has 3 aromatic rings. The number of aldehydes is 1. The van der Waals surface area contributed by atoms with E-state index < -0.39 is 5.54 Å². The van der Waals surface area contributed by atoms with Crippen LogP contribution >= 0.6 is 0 Å². The molecule has 1 fully saturated rings. The lowest BCUT2D eigenvalue weighted by molar-refractivity contribution is 0.0410. The molecule has 2 aliphatic rings. The van der Waals surface area contributed by atoms with E-state index in [4.69, 9.17) is 9.47 Å². The highest BCUT2D eigenvalue weighted by atomic mass is 16.5. The number of fused-ring (bicyclic) bond motifs is 2. The maximum absolute atomic E-state index is 13.8. The summed E-state index contributed by atoms with van der Waals surface area (Å²) < 4.78 is 11.0. The molecule has 0 bridgehead atoms. The van der Waals surface area contributed by atoms with Crippen molar-refractivity contribution in [2.24, 2.45) is 0 Å². The van der Waals surface area contributed by atoms with Gasteiger partial charge in [-0.15, -0.1) is 0 Å². The number of carbonyl (C=O) groups is 3. The summed E-state index contributed by atoms with van der Waals surface area (Å²) in [6.45, 7) is 2.29. The van der Waals surface area contributed by atoms with E-state index in [1.807, 2.05) is 35.2 Å². The van der Waals surface area contributed by atoms with Crippen molar-refractivity contribution < 1.29 is 23.9 Å². The standard InChI is InChI=1S/C30H31N3O5/c1-37-23-9-8-21(27(16-23)38-2)18-33-29(36)25-10-7-20(15-26(25)30(33)11-13-31-14-12-30)17-32-28(35)24-6-4-3-5-22(24)19-34/h3-10,15-16,19,31H,11-14,17-18H2,1-2H3,(H,32,35). The number of nitrogens with one attached hydrogen (secondary N) is 2. The number of carbonyl (C=O) groups excluding carboxylic acids is 3. The van der Waals surface area contributed by atoms with Crippen LogP contribution in [0.4, 0.5) is 0 Å². The minimum absolute atomic E-state index is 0.00438. The molecule has 2 aliphatic heterocycles. The van der Waals surface area contributed by atoms with Gasteiger partial charge in [-0.2, -0.15) is 0 Å². The molecule has 2 amide bonds. The Morgan fingerprint density at radius 2 is 1.84 bits per heavy atom. The second kappa shape index (κ2) is 10.7. The number of amides is 2. The van der Waals surface area contributed by atoms with E-state index in [1.54, 1.807) is 38.5 Å². The zero-order valence-corrected chi connectivity index (χ0v) is 21.6. The van der Waals surface area contributed by atoms with Gasteiger partial charge in [-0.1, -0.05) is 30.3 Å². The molecule has 3 aromatic carbocycles. The molecule has 0 unspecified atom stereocenters. The second-order valence-corrected chi connectivity index (χ2v) is 9.62. The van der Waals surface area contributed by atoms with E-state index in [1.165, 1.54) is 0 Å². The molecule has 0 atom stereocenters. The summed E-state index contributed by atoms with van der Waals surface area (Å²) in [4.78, 5) is 39.9. The SMILES string of the molecule is COc1ccc(CN2C(=O)c3ccc(CNC(=O)c4ccccc4C=O)cc3C23CCNCC3)c(OC)c1. The fourth-order valence-electron chi connectivity index (χ4n) is 5.60. The first kappa shape index (κ1) is 25.5. The highest BCUT2D eigenvalue weighted by Crippen LogP contribution is 2.47. The van der Waals surface area contributed by atoms with E-state index in [0.29, 0.717) is 41.0 Å². The van der Waals surface area contributed by atoms with Gasteiger partial charge in [0.15, 0.2) is 6.29 Å². The van der Waals surface area contributed by atoms with Crippen molar-refractivity contribution in [3.63, 3.8) is 0 Å². The molecule has 0 saturated carbocycles. The average Bonchev–Trinajstić information content (AvgIpc) is 3.18. The molecule has 0 aliphatic carbocycles. The highest BCUT2D eigenvalue weighted by Gasteiger charge is 2.50. The van der Waals surface area contributed by atoms with Crippen LogP contribution in [0, 0.1) is 0 Å². The molecule has 196 valence electrons. The summed E-state index contributed by atoms with van der Waals surface area (Å²) in [5.41, 5.74) is 3.74. The second-order valence-electron chi connectivity index (χ2n) is 9.62. The Kier molecular flexibility index (Phi) is 7.15. The Hall–Kier alpha value is -4.17. The van der Waals surface area contributed by atoms with Gasteiger partial charge in [0.05, 0.1) is 26.3 Å². The molecule has 8 heteroatoms. The van der Waals surface area contributed by atoms with E-state index in [9.17, 15) is 14.4 Å². The average molecular weight is 514 g/mol. The quantitative estimate of drug-likeness (QED) is 0.446. The van der Waals surface area contributed by atoms with Crippen molar-refractivity contribution in [3.8, 4) is 11.5 Å². The summed E-state index contributed by atoms with van der Waals surface area (Å²) in [5.74, 6) is 1.06. The van der Waals surface area contributed by atoms with E-state index >= 15 is 0 Å². The molecule has 0 radical (unpaired) electrons. The third kappa shape index (κ3) is 4.52. The van der Waals surface area contributed by atoms with Crippen LogP contribution in [0.5, 0.6) is 11.5 Å². The topological polar surface area (TPSA) is 97.0 Å². The van der Waals surface area contributed by atoms with Crippen molar-refractivity contribution >= 4 is 18.1 Å². The highest BCUT2D eigenvalue weighted by molar-refractivity contribution is 6.02. The summed E-state index contributed by atoms with van der Waals surface area (Å²) >= 11 is 0. The molecule has 5 rings (SSSR count). The first-order valence-electron chi connectivity index (χ1n) is 12.7. The summed E-state index contributed by atoms with van der Waals surface area (Å²) in [6, 6.07) is 18.2. The fraction of sp³-hybridized carbons (Fsp3) is 0.300. The largest absolute Gasteiger partial charge is 0.497 e.